The fourth-order valence-electron chi connectivity index (χ4n) is 1.61. The van der Waals surface area contributed by atoms with Crippen LogP contribution < -0.4 is 10.5 Å². The van der Waals surface area contributed by atoms with Crippen LogP contribution in [-0.2, 0) is 0 Å². The lowest BCUT2D eigenvalue weighted by Crippen LogP contribution is -2.14. The van der Waals surface area contributed by atoms with E-state index in [9.17, 15) is 4.79 Å². The van der Waals surface area contributed by atoms with Gasteiger partial charge in [-0.05, 0) is 31.5 Å². The highest BCUT2D eigenvalue weighted by molar-refractivity contribution is 7.21. The van der Waals surface area contributed by atoms with Crippen LogP contribution in [0.15, 0.2) is 18.2 Å². The second-order valence-electron chi connectivity index (χ2n) is 4.10. The van der Waals surface area contributed by atoms with Gasteiger partial charge in [-0.1, -0.05) is 18.5 Å². The van der Waals surface area contributed by atoms with Gasteiger partial charge in [-0.15, -0.1) is 11.3 Å². The molecule has 0 fully saturated rings. The first-order chi connectivity index (χ1) is 8.52. The second kappa shape index (κ2) is 5.16. The van der Waals surface area contributed by atoms with Crippen LogP contribution in [0.4, 0.5) is 0 Å². The first-order valence-corrected chi connectivity index (χ1v) is 6.91. The van der Waals surface area contributed by atoms with E-state index in [0.29, 0.717) is 15.6 Å². The third kappa shape index (κ3) is 2.44. The Morgan fingerprint density at radius 3 is 2.89 bits per heavy atom. The first-order valence-electron chi connectivity index (χ1n) is 5.71. The Hall–Kier alpha value is -1.26. The van der Waals surface area contributed by atoms with Gasteiger partial charge in [0.1, 0.15) is 4.88 Å². The lowest BCUT2D eigenvalue weighted by atomic mass is 10.2. The minimum Gasteiger partial charge on any atom is -0.488 e. The average Bonchev–Trinajstić information content (AvgIpc) is 2.67. The molecule has 1 aromatic heterocycles. The van der Waals surface area contributed by atoms with Crippen LogP contribution in [0, 0.1) is 0 Å². The fraction of sp³-hybridized carbons (Fsp3) is 0.308. The van der Waals surface area contributed by atoms with Gasteiger partial charge in [-0.3, -0.25) is 4.79 Å². The van der Waals surface area contributed by atoms with E-state index in [-0.39, 0.29) is 6.10 Å². The summed E-state index contributed by atoms with van der Waals surface area (Å²) < 4.78 is 6.73. The van der Waals surface area contributed by atoms with Crippen molar-refractivity contribution in [3.05, 3.63) is 28.1 Å². The molecule has 2 aromatic rings. The smallest absolute Gasteiger partial charge is 0.262 e. The molecule has 96 valence electrons. The quantitative estimate of drug-likeness (QED) is 0.927. The van der Waals surface area contributed by atoms with Crippen molar-refractivity contribution in [1.82, 2.24) is 0 Å². The Morgan fingerprint density at radius 1 is 1.56 bits per heavy atom. The molecule has 0 radical (unpaired) electrons. The van der Waals surface area contributed by atoms with Crippen LogP contribution >= 0.6 is 22.9 Å². The van der Waals surface area contributed by atoms with E-state index in [1.54, 1.807) is 6.07 Å². The summed E-state index contributed by atoms with van der Waals surface area (Å²) in [5.74, 6) is 0.110. The van der Waals surface area contributed by atoms with Crippen LogP contribution in [0.2, 0.25) is 5.02 Å². The minimum absolute atomic E-state index is 0.0385. The van der Waals surface area contributed by atoms with Gasteiger partial charge in [0.2, 0.25) is 0 Å². The summed E-state index contributed by atoms with van der Waals surface area (Å²) in [5, 5.41) is 1.52. The zero-order valence-electron chi connectivity index (χ0n) is 10.2. The number of benzene rings is 1. The van der Waals surface area contributed by atoms with Gasteiger partial charge in [-0.2, -0.15) is 0 Å². The summed E-state index contributed by atoms with van der Waals surface area (Å²) in [6, 6.07) is 5.46. The van der Waals surface area contributed by atoms with E-state index < -0.39 is 5.91 Å². The van der Waals surface area contributed by atoms with Gasteiger partial charge in [0.15, 0.2) is 5.75 Å². The molecule has 1 aromatic carbocycles. The van der Waals surface area contributed by atoms with E-state index in [4.69, 9.17) is 22.1 Å². The third-order valence-corrected chi connectivity index (χ3v) is 4.11. The van der Waals surface area contributed by atoms with Gasteiger partial charge in [0, 0.05) is 15.1 Å². The van der Waals surface area contributed by atoms with Crippen molar-refractivity contribution in [3.63, 3.8) is 0 Å². The SMILES string of the molecule is CCC(C)Oc1c(C(N)=O)sc2cc(Cl)ccc12. The summed E-state index contributed by atoms with van der Waals surface area (Å²) in [5.41, 5.74) is 5.39. The number of rotatable bonds is 4. The zero-order valence-corrected chi connectivity index (χ0v) is 11.8. The summed E-state index contributed by atoms with van der Waals surface area (Å²) in [6.45, 7) is 3.99. The molecule has 0 aliphatic carbocycles. The van der Waals surface area contributed by atoms with E-state index in [1.165, 1.54) is 11.3 Å². The van der Waals surface area contributed by atoms with Crippen molar-refractivity contribution >= 4 is 38.9 Å². The van der Waals surface area contributed by atoms with Crippen molar-refractivity contribution in [3.8, 4) is 5.75 Å². The topological polar surface area (TPSA) is 52.3 Å². The maximum Gasteiger partial charge on any atom is 0.262 e. The lowest BCUT2D eigenvalue weighted by Gasteiger charge is -2.12. The van der Waals surface area contributed by atoms with Gasteiger partial charge in [0.05, 0.1) is 6.10 Å². The van der Waals surface area contributed by atoms with Crippen LogP contribution in [0.25, 0.3) is 10.1 Å². The Morgan fingerprint density at radius 2 is 2.28 bits per heavy atom. The highest BCUT2D eigenvalue weighted by atomic mass is 35.5. The van der Waals surface area contributed by atoms with E-state index >= 15 is 0 Å². The van der Waals surface area contributed by atoms with E-state index in [1.807, 2.05) is 26.0 Å². The van der Waals surface area contributed by atoms with Gasteiger partial charge >= 0.3 is 0 Å². The Bertz CT molecular complexity index is 594. The number of halogens is 1. The summed E-state index contributed by atoms with van der Waals surface area (Å²) in [6.07, 6.45) is 0.903. The maximum absolute atomic E-state index is 11.5. The molecule has 0 saturated carbocycles. The molecule has 0 aliphatic rings. The number of hydrogen-bond donors (Lipinski definition) is 1. The predicted molar refractivity (Wildman–Crippen MR) is 75.7 cm³/mol. The van der Waals surface area contributed by atoms with Gasteiger partial charge < -0.3 is 10.5 Å². The molecule has 1 heterocycles. The Kier molecular flexibility index (Phi) is 3.78. The molecule has 18 heavy (non-hydrogen) atoms. The number of nitrogens with two attached hydrogens (primary N) is 1. The Balaban J connectivity index is 2.59. The molecule has 2 rings (SSSR count). The van der Waals surface area contributed by atoms with Crippen LogP contribution in [0.3, 0.4) is 0 Å². The number of hydrogen-bond acceptors (Lipinski definition) is 3. The molecule has 0 spiro atoms. The molecule has 3 nitrogen and oxygen atoms in total. The summed E-state index contributed by atoms with van der Waals surface area (Å²) in [7, 11) is 0. The summed E-state index contributed by atoms with van der Waals surface area (Å²) >= 11 is 7.26. The third-order valence-electron chi connectivity index (χ3n) is 2.72. The Labute approximate surface area is 114 Å². The largest absolute Gasteiger partial charge is 0.488 e. The van der Waals surface area contributed by atoms with E-state index in [0.717, 1.165) is 16.5 Å². The molecule has 0 saturated heterocycles. The van der Waals surface area contributed by atoms with E-state index in [2.05, 4.69) is 0 Å². The number of amides is 1. The van der Waals surface area contributed by atoms with Crippen LogP contribution in [-0.4, -0.2) is 12.0 Å². The van der Waals surface area contributed by atoms with Crippen LogP contribution in [0.1, 0.15) is 29.9 Å². The average molecular weight is 284 g/mol. The van der Waals surface area contributed by atoms with Gasteiger partial charge in [-0.25, -0.2) is 0 Å². The monoisotopic (exact) mass is 283 g/mol. The number of ether oxygens (including phenoxy) is 1. The van der Waals surface area contributed by atoms with Crippen molar-refractivity contribution in [2.24, 2.45) is 5.73 Å². The second-order valence-corrected chi connectivity index (χ2v) is 5.59. The zero-order chi connectivity index (χ0) is 13.3. The maximum atomic E-state index is 11.5. The molecular formula is C13H14ClNO2S. The number of carbonyl (C=O) groups is 1. The van der Waals surface area contributed by atoms with Crippen molar-refractivity contribution in [2.75, 3.05) is 0 Å². The molecule has 1 amide bonds. The van der Waals surface area contributed by atoms with Crippen molar-refractivity contribution in [1.29, 1.82) is 0 Å². The minimum atomic E-state index is -0.467. The van der Waals surface area contributed by atoms with Crippen molar-refractivity contribution < 1.29 is 9.53 Å². The van der Waals surface area contributed by atoms with Crippen molar-refractivity contribution in [2.45, 2.75) is 26.4 Å². The molecule has 0 aliphatic heterocycles. The highest BCUT2D eigenvalue weighted by Gasteiger charge is 2.19. The van der Waals surface area contributed by atoms with Gasteiger partial charge in [0.25, 0.3) is 5.91 Å². The number of fused-ring (bicyclic) bond motifs is 1. The molecule has 0 bridgehead atoms. The standard InChI is InChI=1S/C13H14ClNO2S/c1-3-7(2)17-11-9-5-4-8(14)6-10(9)18-12(11)13(15)16/h4-7H,3H2,1-2H3,(H2,15,16). The normalized spacial score (nSPS) is 12.6. The molecule has 1 unspecified atom stereocenters. The summed E-state index contributed by atoms with van der Waals surface area (Å²) in [4.78, 5) is 11.9. The molecule has 2 N–H and O–H groups in total. The highest BCUT2D eigenvalue weighted by Crippen LogP contribution is 2.39. The molecular weight excluding hydrogens is 270 g/mol. The number of carbonyl (C=O) groups excluding carboxylic acids is 1. The predicted octanol–water partition coefficient (Wildman–Crippen LogP) is 3.83. The molecule has 5 heteroatoms. The lowest BCUT2D eigenvalue weighted by molar-refractivity contribution is 0.0998. The number of thiophene rings is 1. The van der Waals surface area contributed by atoms with Crippen LogP contribution in [0.5, 0.6) is 5.75 Å². The fourth-order valence-corrected chi connectivity index (χ4v) is 2.88. The number of primary amides is 1. The first kappa shape index (κ1) is 13.2. The molecule has 1 atom stereocenters.